The first-order valence-corrected chi connectivity index (χ1v) is 5.53. The average molecular weight is 202 g/mol. The van der Waals surface area contributed by atoms with Gasteiger partial charge in [-0.3, -0.25) is 0 Å². The van der Waals surface area contributed by atoms with Gasteiger partial charge in [-0.05, 0) is 25.0 Å². The minimum absolute atomic E-state index is 0.536. The van der Waals surface area contributed by atoms with E-state index in [0.717, 1.165) is 0 Å². The van der Waals surface area contributed by atoms with Crippen LogP contribution in [-0.2, 0) is 0 Å². The number of hydrogen-bond acceptors (Lipinski definition) is 2. The molecule has 1 saturated carbocycles. The molecule has 2 nitrogen and oxygen atoms in total. The van der Waals surface area contributed by atoms with Crippen LogP contribution in [0.5, 0.6) is 0 Å². The second-order valence-electron chi connectivity index (χ2n) is 3.88. The van der Waals surface area contributed by atoms with E-state index in [1.807, 2.05) is 24.3 Å². The van der Waals surface area contributed by atoms with Crippen molar-refractivity contribution >= 4 is 0 Å². The van der Waals surface area contributed by atoms with Crippen LogP contribution in [-0.4, -0.2) is 6.04 Å². The van der Waals surface area contributed by atoms with Crippen molar-refractivity contribution in [1.29, 1.82) is 5.26 Å². The second kappa shape index (κ2) is 7.03. The first-order valence-electron chi connectivity index (χ1n) is 5.53. The third-order valence-corrected chi connectivity index (χ3v) is 2.55. The van der Waals surface area contributed by atoms with Gasteiger partial charge in [0.05, 0.1) is 11.6 Å². The van der Waals surface area contributed by atoms with Gasteiger partial charge in [0.25, 0.3) is 0 Å². The summed E-state index contributed by atoms with van der Waals surface area (Å²) in [6.45, 7) is 0. The summed E-state index contributed by atoms with van der Waals surface area (Å²) in [5.41, 5.74) is 6.35. The molecule has 0 aliphatic heterocycles. The Morgan fingerprint density at radius 1 is 1.07 bits per heavy atom. The van der Waals surface area contributed by atoms with Crippen molar-refractivity contribution in [2.45, 2.75) is 38.1 Å². The van der Waals surface area contributed by atoms with E-state index in [2.05, 4.69) is 0 Å². The predicted molar refractivity (Wildman–Crippen MR) is 62.2 cm³/mol. The molecule has 0 saturated heterocycles. The first-order chi connectivity index (χ1) is 7.33. The van der Waals surface area contributed by atoms with E-state index in [9.17, 15) is 0 Å². The Morgan fingerprint density at radius 2 is 1.67 bits per heavy atom. The highest BCUT2D eigenvalue weighted by atomic mass is 14.6. The maximum atomic E-state index is 8.29. The smallest absolute Gasteiger partial charge is 0.0991 e. The van der Waals surface area contributed by atoms with Crippen LogP contribution in [0.25, 0.3) is 0 Å². The quantitative estimate of drug-likeness (QED) is 0.703. The van der Waals surface area contributed by atoms with Gasteiger partial charge in [0.15, 0.2) is 0 Å². The summed E-state index contributed by atoms with van der Waals surface area (Å²) in [5, 5.41) is 8.29. The Morgan fingerprint density at radius 3 is 2.00 bits per heavy atom. The monoisotopic (exact) mass is 202 g/mol. The number of benzene rings is 1. The summed E-state index contributed by atoms with van der Waals surface area (Å²) in [6.07, 6.45) is 6.66. The average Bonchev–Trinajstić information content (AvgIpc) is 2.32. The maximum Gasteiger partial charge on any atom is 0.0991 e. The summed E-state index contributed by atoms with van der Waals surface area (Å²) < 4.78 is 0. The molecule has 2 rings (SSSR count). The first kappa shape index (κ1) is 11.7. The van der Waals surface area contributed by atoms with Crippen molar-refractivity contribution in [3.63, 3.8) is 0 Å². The topological polar surface area (TPSA) is 49.8 Å². The Kier molecular flexibility index (Phi) is 5.50. The summed E-state index contributed by atoms with van der Waals surface area (Å²) >= 11 is 0. The minimum Gasteiger partial charge on any atom is -0.328 e. The van der Waals surface area contributed by atoms with Gasteiger partial charge in [0.2, 0.25) is 0 Å². The van der Waals surface area contributed by atoms with Gasteiger partial charge in [-0.1, -0.05) is 37.5 Å². The number of hydrogen-bond donors (Lipinski definition) is 1. The van der Waals surface area contributed by atoms with E-state index < -0.39 is 0 Å². The summed E-state index contributed by atoms with van der Waals surface area (Å²) in [7, 11) is 0. The molecular weight excluding hydrogens is 184 g/mol. The van der Waals surface area contributed by atoms with Gasteiger partial charge in [-0.2, -0.15) is 5.26 Å². The van der Waals surface area contributed by atoms with Crippen molar-refractivity contribution in [1.82, 2.24) is 0 Å². The number of nitrogens with zero attached hydrogens (tertiary/aromatic N) is 1. The molecule has 0 spiro atoms. The highest BCUT2D eigenvalue weighted by Crippen LogP contribution is 2.14. The zero-order valence-electron chi connectivity index (χ0n) is 9.02. The molecule has 0 bridgehead atoms. The molecule has 0 aromatic heterocycles. The van der Waals surface area contributed by atoms with Crippen LogP contribution >= 0.6 is 0 Å². The molecule has 0 atom stereocenters. The SMILES string of the molecule is N#Cc1ccccc1.NC1CCCCC1. The van der Waals surface area contributed by atoms with Gasteiger partial charge < -0.3 is 5.73 Å². The molecule has 1 aliphatic rings. The second-order valence-corrected chi connectivity index (χ2v) is 3.88. The Hall–Kier alpha value is -1.33. The van der Waals surface area contributed by atoms with Crippen LogP contribution in [0.1, 0.15) is 37.7 Å². The Balaban J connectivity index is 0.000000151. The lowest BCUT2D eigenvalue weighted by Gasteiger charge is -2.15. The molecule has 0 radical (unpaired) electrons. The van der Waals surface area contributed by atoms with Crippen LogP contribution < -0.4 is 5.73 Å². The van der Waals surface area contributed by atoms with Crippen molar-refractivity contribution in [2.75, 3.05) is 0 Å². The number of rotatable bonds is 0. The molecule has 0 heterocycles. The fraction of sp³-hybridized carbons (Fsp3) is 0.462. The van der Waals surface area contributed by atoms with Crippen molar-refractivity contribution < 1.29 is 0 Å². The molecule has 2 N–H and O–H groups in total. The lowest BCUT2D eigenvalue weighted by atomic mass is 9.97. The van der Waals surface area contributed by atoms with Crippen molar-refractivity contribution in [3.05, 3.63) is 35.9 Å². The largest absolute Gasteiger partial charge is 0.328 e. The Bertz CT molecular complexity index is 294. The summed E-state index contributed by atoms with van der Waals surface area (Å²) in [6, 6.07) is 11.7. The molecule has 1 aromatic rings. The fourth-order valence-corrected chi connectivity index (χ4v) is 1.65. The van der Waals surface area contributed by atoms with E-state index in [1.165, 1.54) is 32.1 Å². The Labute approximate surface area is 91.7 Å². The highest BCUT2D eigenvalue weighted by molar-refractivity contribution is 5.27. The van der Waals surface area contributed by atoms with E-state index in [-0.39, 0.29) is 0 Å². The van der Waals surface area contributed by atoms with Gasteiger partial charge >= 0.3 is 0 Å². The molecule has 1 aliphatic carbocycles. The maximum absolute atomic E-state index is 8.29. The molecule has 15 heavy (non-hydrogen) atoms. The summed E-state index contributed by atoms with van der Waals surface area (Å²) in [4.78, 5) is 0. The zero-order valence-corrected chi connectivity index (χ0v) is 9.02. The van der Waals surface area contributed by atoms with Crippen LogP contribution in [0.15, 0.2) is 30.3 Å². The fourth-order valence-electron chi connectivity index (χ4n) is 1.65. The normalized spacial score (nSPS) is 16.0. The molecular formula is C13H18N2. The standard InChI is InChI=1S/C7H5N.C6H13N/c8-6-7-4-2-1-3-5-7;7-6-4-2-1-3-5-6/h1-5H;6H,1-5,7H2. The lowest BCUT2D eigenvalue weighted by molar-refractivity contribution is 0.441. The molecule has 0 amide bonds. The van der Waals surface area contributed by atoms with Crippen LogP contribution in [0.3, 0.4) is 0 Å². The van der Waals surface area contributed by atoms with Crippen molar-refractivity contribution in [3.8, 4) is 6.07 Å². The van der Waals surface area contributed by atoms with Crippen LogP contribution in [0.4, 0.5) is 0 Å². The van der Waals surface area contributed by atoms with E-state index >= 15 is 0 Å². The predicted octanol–water partition coefficient (Wildman–Crippen LogP) is 2.84. The number of nitrogens with two attached hydrogens (primary N) is 1. The van der Waals surface area contributed by atoms with Gasteiger partial charge in [0, 0.05) is 6.04 Å². The van der Waals surface area contributed by atoms with Crippen molar-refractivity contribution in [2.24, 2.45) is 5.73 Å². The highest BCUT2D eigenvalue weighted by Gasteiger charge is 2.06. The van der Waals surface area contributed by atoms with Gasteiger partial charge in [-0.15, -0.1) is 0 Å². The molecule has 1 fully saturated rings. The molecule has 80 valence electrons. The minimum atomic E-state index is 0.536. The van der Waals surface area contributed by atoms with E-state index in [0.29, 0.717) is 11.6 Å². The summed E-state index contributed by atoms with van der Waals surface area (Å²) in [5.74, 6) is 0. The van der Waals surface area contributed by atoms with E-state index in [1.54, 1.807) is 12.1 Å². The zero-order chi connectivity index (χ0) is 10.9. The third kappa shape index (κ3) is 5.19. The lowest BCUT2D eigenvalue weighted by Crippen LogP contribution is -2.22. The van der Waals surface area contributed by atoms with Gasteiger partial charge in [0.1, 0.15) is 0 Å². The van der Waals surface area contributed by atoms with E-state index in [4.69, 9.17) is 11.0 Å². The van der Waals surface area contributed by atoms with Crippen LogP contribution in [0, 0.1) is 11.3 Å². The number of nitriles is 1. The molecule has 0 unspecified atom stereocenters. The van der Waals surface area contributed by atoms with Gasteiger partial charge in [-0.25, -0.2) is 0 Å². The molecule has 1 aromatic carbocycles. The van der Waals surface area contributed by atoms with Crippen LogP contribution in [0.2, 0.25) is 0 Å². The molecule has 2 heteroatoms. The third-order valence-electron chi connectivity index (χ3n) is 2.55.